The molecule has 4 nitrogen and oxygen atoms in total. The number of fused-ring (bicyclic) bond motifs is 1. The van der Waals surface area contributed by atoms with Crippen LogP contribution in [0.25, 0.3) is 0 Å². The van der Waals surface area contributed by atoms with Gasteiger partial charge >= 0.3 is 0 Å². The van der Waals surface area contributed by atoms with Gasteiger partial charge in [-0.25, -0.2) is 0 Å². The molecule has 0 saturated carbocycles. The van der Waals surface area contributed by atoms with E-state index in [1.165, 1.54) is 5.56 Å². The SMILES string of the molecule is CCOc1cc2c(cc1CNC(=S)Nc1ccccc1C)O[C@H](C)C2. The first kappa shape index (κ1) is 17.5. The van der Waals surface area contributed by atoms with Crippen molar-refractivity contribution in [2.75, 3.05) is 11.9 Å². The molecule has 1 atom stereocenters. The highest BCUT2D eigenvalue weighted by Crippen LogP contribution is 2.35. The van der Waals surface area contributed by atoms with E-state index < -0.39 is 0 Å². The summed E-state index contributed by atoms with van der Waals surface area (Å²) >= 11 is 5.43. The maximum atomic E-state index is 5.87. The quantitative estimate of drug-likeness (QED) is 0.786. The third-order valence-corrected chi connectivity index (χ3v) is 4.46. The average Bonchev–Trinajstić information content (AvgIpc) is 2.94. The Morgan fingerprint density at radius 3 is 2.88 bits per heavy atom. The summed E-state index contributed by atoms with van der Waals surface area (Å²) in [5.74, 6) is 1.84. The van der Waals surface area contributed by atoms with Crippen molar-refractivity contribution in [3.8, 4) is 11.5 Å². The van der Waals surface area contributed by atoms with Gasteiger partial charge in [0, 0.05) is 29.8 Å². The highest BCUT2D eigenvalue weighted by Gasteiger charge is 2.21. The Morgan fingerprint density at radius 1 is 1.32 bits per heavy atom. The summed E-state index contributed by atoms with van der Waals surface area (Å²) in [5, 5.41) is 7.09. The molecule has 3 rings (SSSR count). The van der Waals surface area contributed by atoms with Crippen molar-refractivity contribution in [1.82, 2.24) is 5.32 Å². The zero-order chi connectivity index (χ0) is 17.8. The van der Waals surface area contributed by atoms with Crippen LogP contribution < -0.4 is 20.1 Å². The number of ether oxygens (including phenoxy) is 2. The summed E-state index contributed by atoms with van der Waals surface area (Å²) in [5.41, 5.74) is 4.42. The number of rotatable bonds is 5. The number of aryl methyl sites for hydroxylation is 1. The zero-order valence-electron chi connectivity index (χ0n) is 14.9. The molecule has 0 aromatic heterocycles. The normalized spacial score (nSPS) is 15.2. The standard InChI is InChI=1S/C20H24N2O2S/c1-4-23-18-10-15-9-14(3)24-19(15)11-16(18)12-21-20(25)22-17-8-6-5-7-13(17)2/h5-8,10-11,14H,4,9,12H2,1-3H3,(H2,21,22,25)/t14-/m1/s1. The molecule has 0 aliphatic carbocycles. The predicted molar refractivity (Wildman–Crippen MR) is 106 cm³/mol. The fourth-order valence-electron chi connectivity index (χ4n) is 2.96. The summed E-state index contributed by atoms with van der Waals surface area (Å²) in [7, 11) is 0. The number of nitrogens with one attached hydrogen (secondary N) is 2. The molecule has 2 aromatic rings. The second-order valence-corrected chi connectivity index (χ2v) is 6.66. The number of hydrogen-bond acceptors (Lipinski definition) is 3. The van der Waals surface area contributed by atoms with Gasteiger partial charge in [0.2, 0.25) is 0 Å². The van der Waals surface area contributed by atoms with Crippen molar-refractivity contribution in [3.05, 3.63) is 53.1 Å². The monoisotopic (exact) mass is 356 g/mol. The van der Waals surface area contributed by atoms with E-state index in [0.717, 1.165) is 34.7 Å². The summed E-state index contributed by atoms with van der Waals surface area (Å²) in [6.07, 6.45) is 1.15. The molecule has 0 bridgehead atoms. The van der Waals surface area contributed by atoms with Crippen LogP contribution in [0.3, 0.4) is 0 Å². The first-order valence-electron chi connectivity index (χ1n) is 8.62. The molecule has 0 amide bonds. The predicted octanol–water partition coefficient (Wildman–Crippen LogP) is 4.20. The van der Waals surface area contributed by atoms with Gasteiger partial charge in [-0.05, 0) is 56.8 Å². The Hall–Kier alpha value is -2.27. The first-order chi connectivity index (χ1) is 12.1. The summed E-state index contributed by atoms with van der Waals surface area (Å²) < 4.78 is 11.7. The second-order valence-electron chi connectivity index (χ2n) is 6.26. The van der Waals surface area contributed by atoms with Crippen LogP contribution in [0, 0.1) is 6.92 Å². The summed E-state index contributed by atoms with van der Waals surface area (Å²) in [6.45, 7) is 7.34. The van der Waals surface area contributed by atoms with E-state index in [2.05, 4.69) is 42.7 Å². The molecule has 0 spiro atoms. The molecule has 2 aromatic carbocycles. The highest BCUT2D eigenvalue weighted by atomic mass is 32.1. The maximum Gasteiger partial charge on any atom is 0.171 e. The van der Waals surface area contributed by atoms with Gasteiger partial charge in [-0.2, -0.15) is 0 Å². The van der Waals surface area contributed by atoms with Crippen LogP contribution >= 0.6 is 12.2 Å². The van der Waals surface area contributed by atoms with Crippen LogP contribution in [0.5, 0.6) is 11.5 Å². The van der Waals surface area contributed by atoms with E-state index in [-0.39, 0.29) is 6.10 Å². The Balaban J connectivity index is 1.69. The van der Waals surface area contributed by atoms with Crippen molar-refractivity contribution in [2.45, 2.75) is 39.8 Å². The molecule has 0 fully saturated rings. The molecule has 0 saturated heterocycles. The molecule has 0 radical (unpaired) electrons. The van der Waals surface area contributed by atoms with Gasteiger partial charge < -0.3 is 20.1 Å². The fraction of sp³-hybridized carbons (Fsp3) is 0.350. The Bertz CT molecular complexity index is 776. The lowest BCUT2D eigenvalue weighted by molar-refractivity contribution is 0.254. The van der Waals surface area contributed by atoms with Crippen molar-refractivity contribution < 1.29 is 9.47 Å². The van der Waals surface area contributed by atoms with Crippen LogP contribution in [0.4, 0.5) is 5.69 Å². The minimum atomic E-state index is 0.219. The van der Waals surface area contributed by atoms with Gasteiger partial charge in [0.15, 0.2) is 5.11 Å². The lowest BCUT2D eigenvalue weighted by Crippen LogP contribution is -2.28. The van der Waals surface area contributed by atoms with Crippen LogP contribution in [0.2, 0.25) is 0 Å². The second kappa shape index (κ2) is 7.74. The molecule has 1 aliphatic heterocycles. The Kier molecular flexibility index (Phi) is 5.43. The van der Waals surface area contributed by atoms with Crippen molar-refractivity contribution >= 4 is 23.0 Å². The molecule has 25 heavy (non-hydrogen) atoms. The minimum Gasteiger partial charge on any atom is -0.494 e. The van der Waals surface area contributed by atoms with E-state index in [9.17, 15) is 0 Å². The molecular weight excluding hydrogens is 332 g/mol. The van der Waals surface area contributed by atoms with E-state index in [4.69, 9.17) is 21.7 Å². The molecule has 0 unspecified atom stereocenters. The van der Waals surface area contributed by atoms with Crippen molar-refractivity contribution in [3.63, 3.8) is 0 Å². The summed E-state index contributed by atoms with van der Waals surface area (Å²) in [4.78, 5) is 0. The minimum absolute atomic E-state index is 0.219. The van der Waals surface area contributed by atoms with Gasteiger partial charge in [0.1, 0.15) is 17.6 Å². The first-order valence-corrected chi connectivity index (χ1v) is 9.03. The fourth-order valence-corrected chi connectivity index (χ4v) is 3.15. The zero-order valence-corrected chi connectivity index (χ0v) is 15.7. The lowest BCUT2D eigenvalue weighted by atomic mass is 10.1. The van der Waals surface area contributed by atoms with Crippen LogP contribution in [0.15, 0.2) is 36.4 Å². The molecule has 1 aliphatic rings. The topological polar surface area (TPSA) is 42.5 Å². The molecule has 2 N–H and O–H groups in total. The van der Waals surface area contributed by atoms with Gasteiger partial charge in [-0.15, -0.1) is 0 Å². The maximum absolute atomic E-state index is 5.87. The van der Waals surface area contributed by atoms with E-state index >= 15 is 0 Å². The van der Waals surface area contributed by atoms with Crippen LogP contribution in [-0.2, 0) is 13.0 Å². The van der Waals surface area contributed by atoms with E-state index in [0.29, 0.717) is 18.3 Å². The molecule has 5 heteroatoms. The van der Waals surface area contributed by atoms with Crippen molar-refractivity contribution in [1.29, 1.82) is 0 Å². The molecule has 1 heterocycles. The number of hydrogen-bond donors (Lipinski definition) is 2. The largest absolute Gasteiger partial charge is 0.494 e. The third-order valence-electron chi connectivity index (χ3n) is 4.21. The lowest BCUT2D eigenvalue weighted by Gasteiger charge is -2.15. The van der Waals surface area contributed by atoms with Gasteiger partial charge in [-0.1, -0.05) is 18.2 Å². The van der Waals surface area contributed by atoms with Crippen LogP contribution in [0.1, 0.15) is 30.5 Å². The Labute approximate surface area is 154 Å². The van der Waals surface area contributed by atoms with Crippen molar-refractivity contribution in [2.24, 2.45) is 0 Å². The third kappa shape index (κ3) is 4.23. The molecular formula is C20H24N2O2S. The van der Waals surface area contributed by atoms with Gasteiger partial charge in [0.05, 0.1) is 6.61 Å². The number of benzene rings is 2. The smallest absolute Gasteiger partial charge is 0.171 e. The van der Waals surface area contributed by atoms with E-state index in [1.807, 2.05) is 25.1 Å². The highest BCUT2D eigenvalue weighted by molar-refractivity contribution is 7.80. The van der Waals surface area contributed by atoms with Crippen LogP contribution in [-0.4, -0.2) is 17.8 Å². The molecule has 132 valence electrons. The summed E-state index contributed by atoms with van der Waals surface area (Å²) in [6, 6.07) is 12.2. The van der Waals surface area contributed by atoms with E-state index in [1.54, 1.807) is 0 Å². The average molecular weight is 356 g/mol. The number of para-hydroxylation sites is 1. The van der Waals surface area contributed by atoms with Gasteiger partial charge in [0.25, 0.3) is 0 Å². The van der Waals surface area contributed by atoms with Gasteiger partial charge in [-0.3, -0.25) is 0 Å². The number of anilines is 1. The Morgan fingerprint density at radius 2 is 2.12 bits per heavy atom. The number of thiocarbonyl (C=S) groups is 1.